The van der Waals surface area contributed by atoms with Gasteiger partial charge in [-0.05, 0) is 31.2 Å². The Morgan fingerprint density at radius 1 is 1.26 bits per heavy atom. The maximum atomic E-state index is 13.3. The summed E-state index contributed by atoms with van der Waals surface area (Å²) in [6.45, 7) is 1.75. The van der Waals surface area contributed by atoms with E-state index in [2.05, 4.69) is 15.1 Å². The zero-order chi connectivity index (χ0) is 16.1. The topological polar surface area (TPSA) is 65.1 Å². The molecule has 6 nitrogen and oxygen atoms in total. The molecular weight excluding hydrogens is 321 g/mol. The Kier molecular flexibility index (Phi) is 2.92. The number of rotatable bonds is 1. The van der Waals surface area contributed by atoms with E-state index < -0.39 is 5.82 Å². The third kappa shape index (κ3) is 2.08. The third-order valence-electron chi connectivity index (χ3n) is 3.52. The monoisotopic (exact) mass is 329 g/mol. The van der Waals surface area contributed by atoms with E-state index in [-0.39, 0.29) is 10.6 Å². The second kappa shape index (κ2) is 4.85. The number of hydrogen-bond acceptors (Lipinski definition) is 4. The molecule has 4 aromatic rings. The van der Waals surface area contributed by atoms with E-state index in [9.17, 15) is 9.18 Å². The Bertz CT molecular complexity index is 1130. The normalized spacial score (nSPS) is 11.4. The van der Waals surface area contributed by atoms with Gasteiger partial charge in [0, 0.05) is 12.4 Å². The van der Waals surface area contributed by atoms with Crippen LogP contribution in [-0.4, -0.2) is 24.1 Å². The predicted octanol–water partition coefficient (Wildman–Crippen LogP) is 2.53. The van der Waals surface area contributed by atoms with Crippen LogP contribution in [0.1, 0.15) is 5.82 Å². The van der Waals surface area contributed by atoms with Crippen molar-refractivity contribution in [2.24, 2.45) is 0 Å². The highest BCUT2D eigenvalue weighted by Crippen LogP contribution is 2.19. The van der Waals surface area contributed by atoms with Crippen LogP contribution >= 0.6 is 11.6 Å². The van der Waals surface area contributed by atoms with Crippen molar-refractivity contribution in [2.75, 3.05) is 0 Å². The van der Waals surface area contributed by atoms with E-state index in [1.165, 1.54) is 33.5 Å². The maximum absolute atomic E-state index is 13.3. The second-order valence-electron chi connectivity index (χ2n) is 5.02. The highest BCUT2D eigenvalue weighted by molar-refractivity contribution is 6.30. The summed E-state index contributed by atoms with van der Waals surface area (Å²) >= 11 is 5.79. The van der Waals surface area contributed by atoms with Crippen LogP contribution in [0.15, 0.2) is 41.5 Å². The molecule has 0 unspecified atom stereocenters. The van der Waals surface area contributed by atoms with Crippen LogP contribution in [-0.2, 0) is 0 Å². The molecule has 0 aliphatic rings. The first-order chi connectivity index (χ1) is 11.0. The lowest BCUT2D eigenvalue weighted by molar-refractivity contribution is 0.627. The van der Waals surface area contributed by atoms with Gasteiger partial charge in [0.15, 0.2) is 0 Å². The Morgan fingerprint density at radius 2 is 2.09 bits per heavy atom. The summed E-state index contributed by atoms with van der Waals surface area (Å²) in [5.41, 5.74) is 0.774. The summed E-state index contributed by atoms with van der Waals surface area (Å²) in [7, 11) is 0. The Hall–Kier alpha value is -2.80. The predicted molar refractivity (Wildman–Crippen MR) is 83.6 cm³/mol. The van der Waals surface area contributed by atoms with Crippen molar-refractivity contribution in [3.63, 3.8) is 0 Å². The molecule has 0 amide bonds. The molecule has 8 heteroatoms. The summed E-state index contributed by atoms with van der Waals surface area (Å²) in [5, 5.41) is 4.57. The molecular formula is C15H9ClFN5O. The van der Waals surface area contributed by atoms with E-state index in [1.807, 2.05) is 0 Å². The van der Waals surface area contributed by atoms with Gasteiger partial charge in [-0.15, -0.1) is 5.10 Å². The molecule has 0 N–H and O–H groups in total. The molecule has 0 saturated heterocycles. The van der Waals surface area contributed by atoms with Crippen molar-refractivity contribution in [2.45, 2.75) is 6.92 Å². The Morgan fingerprint density at radius 3 is 2.87 bits per heavy atom. The Labute approximate surface area is 133 Å². The largest absolute Gasteiger partial charge is 0.284 e. The van der Waals surface area contributed by atoms with Crippen molar-refractivity contribution in [1.29, 1.82) is 0 Å². The number of pyridine rings is 1. The van der Waals surface area contributed by atoms with Gasteiger partial charge in [0.05, 0.1) is 21.6 Å². The van der Waals surface area contributed by atoms with Gasteiger partial charge in [-0.25, -0.2) is 9.37 Å². The fourth-order valence-corrected chi connectivity index (χ4v) is 2.63. The molecule has 0 atom stereocenters. The van der Waals surface area contributed by atoms with Crippen LogP contribution in [0.4, 0.5) is 4.39 Å². The van der Waals surface area contributed by atoms with Crippen molar-refractivity contribution in [3.05, 3.63) is 63.7 Å². The number of aryl methyl sites for hydroxylation is 1. The van der Waals surface area contributed by atoms with Crippen LogP contribution in [0.25, 0.3) is 22.4 Å². The molecule has 114 valence electrons. The second-order valence-corrected chi connectivity index (χ2v) is 5.42. The lowest BCUT2D eigenvalue weighted by atomic mass is 10.2. The lowest BCUT2D eigenvalue weighted by Gasteiger charge is -2.08. The summed E-state index contributed by atoms with van der Waals surface area (Å²) in [4.78, 5) is 21.0. The van der Waals surface area contributed by atoms with Crippen molar-refractivity contribution in [1.82, 2.24) is 24.1 Å². The number of aromatic nitrogens is 5. The van der Waals surface area contributed by atoms with Crippen LogP contribution in [0.3, 0.4) is 0 Å². The third-order valence-corrected chi connectivity index (χ3v) is 3.81. The first-order valence-electron chi connectivity index (χ1n) is 6.74. The van der Waals surface area contributed by atoms with Gasteiger partial charge < -0.3 is 0 Å². The zero-order valence-corrected chi connectivity index (χ0v) is 12.6. The van der Waals surface area contributed by atoms with Crippen molar-refractivity contribution in [3.8, 4) is 5.69 Å². The van der Waals surface area contributed by atoms with Crippen LogP contribution in [0.2, 0.25) is 5.02 Å². The highest BCUT2D eigenvalue weighted by Gasteiger charge is 2.11. The fraction of sp³-hybridized carbons (Fsp3) is 0.0667. The number of benzene rings is 1. The zero-order valence-electron chi connectivity index (χ0n) is 11.9. The molecule has 0 radical (unpaired) electrons. The fourth-order valence-electron chi connectivity index (χ4n) is 2.46. The van der Waals surface area contributed by atoms with E-state index in [4.69, 9.17) is 11.6 Å². The first kappa shape index (κ1) is 13.8. The van der Waals surface area contributed by atoms with Gasteiger partial charge >= 0.3 is 0 Å². The van der Waals surface area contributed by atoms with Crippen LogP contribution in [0, 0.1) is 12.7 Å². The van der Waals surface area contributed by atoms with E-state index >= 15 is 0 Å². The van der Waals surface area contributed by atoms with Gasteiger partial charge in [-0.1, -0.05) is 11.6 Å². The van der Waals surface area contributed by atoms with E-state index in [0.29, 0.717) is 28.2 Å². The minimum atomic E-state index is -0.536. The summed E-state index contributed by atoms with van der Waals surface area (Å²) in [6.07, 6.45) is 3.05. The molecule has 0 saturated carbocycles. The summed E-state index contributed by atoms with van der Waals surface area (Å²) in [5.74, 6) is 0.460. The quantitative estimate of drug-likeness (QED) is 0.538. The lowest BCUT2D eigenvalue weighted by Crippen LogP contribution is -2.19. The van der Waals surface area contributed by atoms with Crippen molar-refractivity contribution >= 4 is 28.3 Å². The summed E-state index contributed by atoms with van der Waals surface area (Å²) < 4.78 is 16.2. The standard InChI is InChI=1S/C15H9ClFN5O/c1-8-19-15-18-7-10-13(22(15)20-8)4-5-21(14(10)23)9-2-3-12(17)11(16)6-9/h2-7H,1H3. The maximum Gasteiger partial charge on any atom is 0.266 e. The average molecular weight is 330 g/mol. The molecule has 0 aliphatic heterocycles. The van der Waals surface area contributed by atoms with Crippen molar-refractivity contribution < 1.29 is 4.39 Å². The molecule has 4 rings (SSSR count). The minimum Gasteiger partial charge on any atom is -0.284 e. The van der Waals surface area contributed by atoms with Gasteiger partial charge in [0.25, 0.3) is 11.3 Å². The Balaban J connectivity index is 2.02. The minimum absolute atomic E-state index is 0.0463. The molecule has 0 bridgehead atoms. The van der Waals surface area contributed by atoms with Gasteiger partial charge in [-0.2, -0.15) is 9.50 Å². The van der Waals surface area contributed by atoms with Gasteiger partial charge in [0.1, 0.15) is 11.6 Å². The van der Waals surface area contributed by atoms with Crippen LogP contribution in [0.5, 0.6) is 0 Å². The van der Waals surface area contributed by atoms with E-state index in [0.717, 1.165) is 0 Å². The summed E-state index contributed by atoms with van der Waals surface area (Å²) in [6, 6.07) is 5.84. The smallest absolute Gasteiger partial charge is 0.266 e. The molecule has 0 spiro atoms. The molecule has 0 fully saturated rings. The molecule has 1 aromatic carbocycles. The number of halogens is 2. The number of nitrogens with zero attached hydrogens (tertiary/aromatic N) is 5. The van der Waals surface area contributed by atoms with E-state index in [1.54, 1.807) is 19.2 Å². The molecule has 3 aromatic heterocycles. The molecule has 3 heterocycles. The molecule has 0 aliphatic carbocycles. The number of fused-ring (bicyclic) bond motifs is 3. The van der Waals surface area contributed by atoms with Crippen LogP contribution < -0.4 is 5.56 Å². The van der Waals surface area contributed by atoms with Gasteiger partial charge in [0.2, 0.25) is 0 Å². The number of hydrogen-bond donors (Lipinski definition) is 0. The highest BCUT2D eigenvalue weighted by atomic mass is 35.5. The average Bonchev–Trinajstić information content (AvgIpc) is 2.91. The molecule has 23 heavy (non-hydrogen) atoms. The van der Waals surface area contributed by atoms with Gasteiger partial charge in [-0.3, -0.25) is 9.36 Å². The first-order valence-corrected chi connectivity index (χ1v) is 7.11. The SMILES string of the molecule is Cc1nc2ncc3c(=O)n(-c4ccc(F)c(Cl)c4)ccc3n2n1.